The Morgan fingerprint density at radius 1 is 1.17 bits per heavy atom. The fraction of sp³-hybridized carbons (Fsp3) is 0.222. The maximum Gasteiger partial charge on any atom is 0.222 e. The van der Waals surface area contributed by atoms with Crippen LogP contribution in [-0.2, 0) is 6.54 Å². The Kier molecular flexibility index (Phi) is 4.02. The normalized spacial score (nSPS) is 10.9. The van der Waals surface area contributed by atoms with Gasteiger partial charge in [-0.1, -0.05) is 36.4 Å². The van der Waals surface area contributed by atoms with Gasteiger partial charge < -0.3 is 14.4 Å². The van der Waals surface area contributed by atoms with Crippen LogP contribution in [0.5, 0.6) is 11.6 Å². The summed E-state index contributed by atoms with van der Waals surface area (Å²) in [5.74, 6) is 0.654. The highest BCUT2D eigenvalue weighted by molar-refractivity contribution is 5.96. The molecule has 0 atom stereocenters. The number of hydrogen-bond acceptors (Lipinski definition) is 4. The zero-order valence-electron chi connectivity index (χ0n) is 13.1. The molecule has 0 spiro atoms. The third-order valence-corrected chi connectivity index (χ3v) is 3.92. The Labute approximate surface area is 134 Å². The van der Waals surface area contributed by atoms with Crippen molar-refractivity contribution >= 4 is 16.6 Å². The van der Waals surface area contributed by atoms with E-state index in [9.17, 15) is 10.0 Å². The lowest BCUT2D eigenvalue weighted by molar-refractivity contribution is 0.335. The molecule has 5 nitrogen and oxygen atoms in total. The average Bonchev–Trinajstić information content (AvgIpc) is 2.82. The lowest BCUT2D eigenvalue weighted by atomic mass is 10.1. The quantitative estimate of drug-likeness (QED) is 0.706. The molecule has 0 bridgehead atoms. The number of para-hydroxylation sites is 2. The number of hydrogen-bond donors (Lipinski definition) is 1. The van der Waals surface area contributed by atoms with Crippen LogP contribution in [0.15, 0.2) is 47.6 Å². The Bertz CT molecular complexity index is 868. The molecule has 3 aromatic rings. The smallest absolute Gasteiger partial charge is 0.222 e. The summed E-state index contributed by atoms with van der Waals surface area (Å²) in [4.78, 5) is 11.1. The van der Waals surface area contributed by atoms with Gasteiger partial charge in [0.1, 0.15) is 5.75 Å². The first-order chi connectivity index (χ1) is 11.2. The number of aromatic nitrogens is 1. The van der Waals surface area contributed by atoms with Gasteiger partial charge in [0.15, 0.2) is 5.69 Å². The first-order valence-corrected chi connectivity index (χ1v) is 7.52. The maximum absolute atomic E-state index is 11.1. The van der Waals surface area contributed by atoms with Crippen molar-refractivity contribution in [2.45, 2.75) is 20.4 Å². The van der Waals surface area contributed by atoms with Crippen LogP contribution in [-0.4, -0.2) is 16.3 Å². The topological polar surface area (TPSA) is 63.8 Å². The van der Waals surface area contributed by atoms with E-state index >= 15 is 0 Å². The van der Waals surface area contributed by atoms with Crippen LogP contribution in [0.3, 0.4) is 0 Å². The van der Waals surface area contributed by atoms with Crippen molar-refractivity contribution in [2.24, 2.45) is 5.18 Å². The van der Waals surface area contributed by atoms with Crippen molar-refractivity contribution in [1.82, 2.24) is 4.57 Å². The average molecular weight is 310 g/mol. The van der Waals surface area contributed by atoms with Crippen molar-refractivity contribution in [1.29, 1.82) is 0 Å². The second kappa shape index (κ2) is 6.12. The molecular weight excluding hydrogens is 292 g/mol. The van der Waals surface area contributed by atoms with E-state index in [-0.39, 0.29) is 11.6 Å². The monoisotopic (exact) mass is 310 g/mol. The molecule has 1 N–H and O–H groups in total. The van der Waals surface area contributed by atoms with Gasteiger partial charge in [0.25, 0.3) is 0 Å². The second-order valence-electron chi connectivity index (χ2n) is 5.36. The molecule has 2 aromatic carbocycles. The zero-order valence-corrected chi connectivity index (χ0v) is 13.1. The Morgan fingerprint density at radius 3 is 2.70 bits per heavy atom. The number of ether oxygens (including phenoxy) is 1. The summed E-state index contributed by atoms with van der Waals surface area (Å²) in [5.41, 5.74) is 2.80. The molecule has 23 heavy (non-hydrogen) atoms. The van der Waals surface area contributed by atoms with Crippen LogP contribution in [0.2, 0.25) is 0 Å². The van der Waals surface area contributed by atoms with Crippen LogP contribution < -0.4 is 4.74 Å². The summed E-state index contributed by atoms with van der Waals surface area (Å²) in [6.07, 6.45) is 0. The number of benzene rings is 2. The van der Waals surface area contributed by atoms with Gasteiger partial charge in [0, 0.05) is 10.9 Å². The number of rotatable bonds is 5. The number of aryl methyl sites for hydroxylation is 1. The minimum atomic E-state index is -0.115. The van der Waals surface area contributed by atoms with Crippen LogP contribution >= 0.6 is 0 Å². The Morgan fingerprint density at radius 2 is 1.96 bits per heavy atom. The van der Waals surface area contributed by atoms with Crippen LogP contribution in [0.4, 0.5) is 5.69 Å². The lowest BCUT2D eigenvalue weighted by Crippen LogP contribution is -2.03. The largest absolute Gasteiger partial charge is 0.494 e. The third-order valence-electron chi connectivity index (χ3n) is 3.92. The summed E-state index contributed by atoms with van der Waals surface area (Å²) in [7, 11) is 0. The van der Waals surface area contributed by atoms with E-state index in [2.05, 4.69) is 5.18 Å². The lowest BCUT2D eigenvalue weighted by Gasteiger charge is -2.13. The summed E-state index contributed by atoms with van der Waals surface area (Å²) < 4.78 is 7.35. The Hall–Kier alpha value is -2.82. The first-order valence-electron chi connectivity index (χ1n) is 7.52. The SMILES string of the molecule is CCOc1ccccc1Cn1c(O)c(N=O)c2cccc(C)c21. The Balaban J connectivity index is 2.18. The van der Waals surface area contributed by atoms with Gasteiger partial charge >= 0.3 is 0 Å². The molecule has 0 amide bonds. The van der Waals surface area contributed by atoms with Crippen molar-refractivity contribution < 1.29 is 9.84 Å². The molecule has 0 fully saturated rings. The molecule has 118 valence electrons. The van der Waals surface area contributed by atoms with E-state index in [0.29, 0.717) is 18.5 Å². The van der Waals surface area contributed by atoms with E-state index in [1.54, 1.807) is 10.6 Å². The highest BCUT2D eigenvalue weighted by atomic mass is 16.5. The summed E-state index contributed by atoms with van der Waals surface area (Å²) in [6, 6.07) is 13.3. The standard InChI is InChI=1S/C18H18N2O3/c1-3-23-15-10-5-4-8-13(15)11-20-17-12(2)7-6-9-14(17)16(19-22)18(20)21/h4-10,21H,3,11H2,1-2H3. The van der Waals surface area contributed by atoms with Gasteiger partial charge in [0.2, 0.25) is 5.88 Å². The van der Waals surface area contributed by atoms with Crippen molar-refractivity contribution in [2.75, 3.05) is 6.61 Å². The molecule has 5 heteroatoms. The molecule has 0 aliphatic carbocycles. The van der Waals surface area contributed by atoms with E-state index in [0.717, 1.165) is 22.4 Å². The summed E-state index contributed by atoms with van der Waals surface area (Å²) in [5, 5.41) is 14.1. The van der Waals surface area contributed by atoms with Crippen molar-refractivity contribution in [3.8, 4) is 11.6 Å². The van der Waals surface area contributed by atoms with E-state index in [4.69, 9.17) is 4.74 Å². The molecule has 0 saturated carbocycles. The number of nitroso groups, excluding NO2 is 1. The number of nitrogens with zero attached hydrogens (tertiary/aromatic N) is 2. The zero-order chi connectivity index (χ0) is 16.4. The van der Waals surface area contributed by atoms with Gasteiger partial charge in [0.05, 0.1) is 18.7 Å². The van der Waals surface area contributed by atoms with E-state index < -0.39 is 0 Å². The van der Waals surface area contributed by atoms with Crippen molar-refractivity contribution in [3.05, 3.63) is 58.5 Å². The number of fused-ring (bicyclic) bond motifs is 1. The predicted molar refractivity (Wildman–Crippen MR) is 90.5 cm³/mol. The minimum Gasteiger partial charge on any atom is -0.494 e. The highest BCUT2D eigenvalue weighted by Crippen LogP contribution is 2.40. The molecule has 0 unspecified atom stereocenters. The van der Waals surface area contributed by atoms with Gasteiger partial charge in [-0.2, -0.15) is 0 Å². The van der Waals surface area contributed by atoms with Gasteiger partial charge in [-0.05, 0) is 30.7 Å². The van der Waals surface area contributed by atoms with Gasteiger partial charge in [-0.15, -0.1) is 4.91 Å². The highest BCUT2D eigenvalue weighted by Gasteiger charge is 2.19. The molecule has 0 aliphatic heterocycles. The minimum absolute atomic E-state index is 0.0811. The molecule has 1 aromatic heterocycles. The molecule has 0 saturated heterocycles. The van der Waals surface area contributed by atoms with E-state index in [1.165, 1.54) is 0 Å². The van der Waals surface area contributed by atoms with Crippen LogP contribution in [0, 0.1) is 11.8 Å². The molecule has 0 aliphatic rings. The second-order valence-corrected chi connectivity index (χ2v) is 5.36. The van der Waals surface area contributed by atoms with E-state index in [1.807, 2.05) is 50.2 Å². The molecule has 3 rings (SSSR count). The van der Waals surface area contributed by atoms with Crippen LogP contribution in [0.1, 0.15) is 18.1 Å². The predicted octanol–water partition coefficient (Wildman–Crippen LogP) is 4.50. The summed E-state index contributed by atoms with van der Waals surface area (Å²) in [6.45, 7) is 4.84. The van der Waals surface area contributed by atoms with Crippen LogP contribution in [0.25, 0.3) is 10.9 Å². The number of aromatic hydroxyl groups is 1. The van der Waals surface area contributed by atoms with Gasteiger partial charge in [-0.3, -0.25) is 0 Å². The fourth-order valence-corrected chi connectivity index (χ4v) is 2.91. The van der Waals surface area contributed by atoms with Gasteiger partial charge in [-0.25, -0.2) is 0 Å². The third kappa shape index (κ3) is 2.54. The molecule has 0 radical (unpaired) electrons. The fourth-order valence-electron chi connectivity index (χ4n) is 2.91. The first kappa shape index (κ1) is 15.1. The summed E-state index contributed by atoms with van der Waals surface area (Å²) >= 11 is 0. The molecular formula is C18H18N2O3. The molecule has 1 heterocycles. The van der Waals surface area contributed by atoms with Crippen molar-refractivity contribution in [3.63, 3.8) is 0 Å². The maximum atomic E-state index is 11.1.